The third-order valence-electron chi connectivity index (χ3n) is 3.13. The van der Waals surface area contributed by atoms with Gasteiger partial charge in [0.15, 0.2) is 0 Å². The van der Waals surface area contributed by atoms with Crippen molar-refractivity contribution in [3.8, 4) is 0 Å². The highest BCUT2D eigenvalue weighted by Gasteiger charge is 2.31. The number of rotatable bonds is 4. The first-order chi connectivity index (χ1) is 6.70. The Bertz CT molecular complexity index is 196. The van der Waals surface area contributed by atoms with Gasteiger partial charge in [0.1, 0.15) is 5.88 Å². The summed E-state index contributed by atoms with van der Waals surface area (Å²) in [6, 6.07) is 0.446. The number of amides is 1. The van der Waals surface area contributed by atoms with Crippen molar-refractivity contribution in [2.24, 2.45) is 5.92 Å². The molecule has 2 atom stereocenters. The Morgan fingerprint density at radius 3 is 2.93 bits per heavy atom. The molecule has 1 aliphatic rings. The third kappa shape index (κ3) is 2.63. The minimum absolute atomic E-state index is 0.108. The third-order valence-corrected chi connectivity index (χ3v) is 3.36. The van der Waals surface area contributed by atoms with Crippen LogP contribution < -0.4 is 0 Å². The van der Waals surface area contributed by atoms with Gasteiger partial charge in [-0.2, -0.15) is 0 Å². The van der Waals surface area contributed by atoms with E-state index in [-0.39, 0.29) is 11.8 Å². The summed E-state index contributed by atoms with van der Waals surface area (Å²) in [4.78, 5) is 13.5. The number of alkyl halides is 1. The Balaban J connectivity index is 2.54. The molecule has 0 N–H and O–H groups in total. The molecule has 0 aromatic carbocycles. The molecule has 0 aromatic heterocycles. The van der Waals surface area contributed by atoms with E-state index in [1.807, 2.05) is 4.90 Å². The highest BCUT2D eigenvalue weighted by atomic mass is 35.5. The zero-order valence-corrected chi connectivity index (χ0v) is 9.89. The van der Waals surface area contributed by atoms with Crippen molar-refractivity contribution >= 4 is 17.5 Å². The van der Waals surface area contributed by atoms with Crippen LogP contribution in [-0.4, -0.2) is 29.3 Å². The van der Waals surface area contributed by atoms with E-state index in [2.05, 4.69) is 13.8 Å². The van der Waals surface area contributed by atoms with Gasteiger partial charge in [-0.3, -0.25) is 4.79 Å². The first-order valence-corrected chi connectivity index (χ1v) is 6.09. The zero-order valence-electron chi connectivity index (χ0n) is 9.13. The molecular weight excluding hydrogens is 198 g/mol. The quantitative estimate of drug-likeness (QED) is 0.663. The first kappa shape index (κ1) is 11.8. The number of halogens is 1. The fraction of sp³-hybridized carbons (Fsp3) is 0.909. The molecule has 1 amide bonds. The molecule has 1 heterocycles. The largest absolute Gasteiger partial charge is 0.338 e. The highest BCUT2D eigenvalue weighted by Crippen LogP contribution is 2.26. The molecule has 0 aliphatic carbocycles. The van der Waals surface area contributed by atoms with Crippen LogP contribution in [0.25, 0.3) is 0 Å². The van der Waals surface area contributed by atoms with E-state index >= 15 is 0 Å². The fourth-order valence-corrected chi connectivity index (χ4v) is 2.57. The summed E-state index contributed by atoms with van der Waals surface area (Å²) >= 11 is 5.59. The fourth-order valence-electron chi connectivity index (χ4n) is 2.42. The maximum absolute atomic E-state index is 11.5. The van der Waals surface area contributed by atoms with Crippen molar-refractivity contribution < 1.29 is 4.79 Å². The van der Waals surface area contributed by atoms with E-state index in [0.29, 0.717) is 12.0 Å². The Labute approximate surface area is 91.6 Å². The molecule has 0 saturated carbocycles. The number of carbonyl (C=O) groups is 1. The molecule has 14 heavy (non-hydrogen) atoms. The van der Waals surface area contributed by atoms with Crippen LogP contribution in [0.1, 0.15) is 39.5 Å². The molecule has 1 fully saturated rings. The molecular formula is C11H20ClNO. The maximum Gasteiger partial charge on any atom is 0.237 e. The van der Waals surface area contributed by atoms with Gasteiger partial charge in [0, 0.05) is 12.6 Å². The summed E-state index contributed by atoms with van der Waals surface area (Å²) < 4.78 is 0. The van der Waals surface area contributed by atoms with E-state index in [9.17, 15) is 4.79 Å². The van der Waals surface area contributed by atoms with Gasteiger partial charge in [-0.05, 0) is 25.2 Å². The topological polar surface area (TPSA) is 20.3 Å². The number of carbonyl (C=O) groups excluding carboxylic acids is 1. The molecule has 0 bridgehead atoms. The predicted molar refractivity (Wildman–Crippen MR) is 59.5 cm³/mol. The van der Waals surface area contributed by atoms with Gasteiger partial charge in [-0.1, -0.05) is 20.3 Å². The van der Waals surface area contributed by atoms with E-state index < -0.39 is 0 Å². The van der Waals surface area contributed by atoms with Crippen molar-refractivity contribution in [2.45, 2.75) is 45.6 Å². The lowest BCUT2D eigenvalue weighted by Gasteiger charge is -2.29. The summed E-state index contributed by atoms with van der Waals surface area (Å²) in [5.74, 6) is 0.863. The van der Waals surface area contributed by atoms with Crippen LogP contribution >= 0.6 is 11.6 Å². The lowest BCUT2D eigenvalue weighted by Crippen LogP contribution is -2.39. The standard InChI is InChI=1S/C11H20ClNO/c1-3-5-9(2)10-6-4-7-13(10)11(14)8-12/h9-10H,3-8H2,1-2H3. The van der Waals surface area contributed by atoms with Gasteiger partial charge < -0.3 is 4.90 Å². The van der Waals surface area contributed by atoms with Crippen molar-refractivity contribution in [2.75, 3.05) is 12.4 Å². The molecule has 1 aliphatic heterocycles. The van der Waals surface area contributed by atoms with Gasteiger partial charge in [0.05, 0.1) is 0 Å². The van der Waals surface area contributed by atoms with E-state index in [1.54, 1.807) is 0 Å². The molecule has 0 spiro atoms. The summed E-state index contributed by atoms with van der Waals surface area (Å²) in [6.07, 6.45) is 4.70. The van der Waals surface area contributed by atoms with Gasteiger partial charge in [-0.25, -0.2) is 0 Å². The molecule has 0 radical (unpaired) electrons. The highest BCUT2D eigenvalue weighted by molar-refractivity contribution is 6.27. The Morgan fingerprint density at radius 1 is 1.64 bits per heavy atom. The number of hydrogen-bond donors (Lipinski definition) is 0. The van der Waals surface area contributed by atoms with Gasteiger partial charge in [0.2, 0.25) is 5.91 Å². The second-order valence-corrected chi connectivity index (χ2v) is 4.46. The SMILES string of the molecule is CCCC(C)C1CCCN1C(=O)CCl. The molecule has 2 nitrogen and oxygen atoms in total. The zero-order chi connectivity index (χ0) is 10.6. The lowest BCUT2D eigenvalue weighted by atomic mass is 9.95. The lowest BCUT2D eigenvalue weighted by molar-refractivity contribution is -0.130. The minimum atomic E-state index is 0.108. The minimum Gasteiger partial charge on any atom is -0.338 e. The van der Waals surface area contributed by atoms with E-state index in [4.69, 9.17) is 11.6 Å². The van der Waals surface area contributed by atoms with Crippen molar-refractivity contribution in [1.82, 2.24) is 4.90 Å². The summed E-state index contributed by atoms with van der Waals surface area (Å²) in [6.45, 7) is 5.34. The van der Waals surface area contributed by atoms with Crippen molar-refractivity contribution in [3.63, 3.8) is 0 Å². The second-order valence-electron chi connectivity index (χ2n) is 4.20. The van der Waals surface area contributed by atoms with E-state index in [0.717, 1.165) is 19.4 Å². The summed E-state index contributed by atoms with van der Waals surface area (Å²) in [7, 11) is 0. The monoisotopic (exact) mass is 217 g/mol. The maximum atomic E-state index is 11.5. The van der Waals surface area contributed by atoms with Gasteiger partial charge >= 0.3 is 0 Å². The Morgan fingerprint density at radius 2 is 2.36 bits per heavy atom. The molecule has 1 rings (SSSR count). The number of hydrogen-bond acceptors (Lipinski definition) is 1. The van der Waals surface area contributed by atoms with Crippen LogP contribution in [0.3, 0.4) is 0 Å². The van der Waals surface area contributed by atoms with Crippen LogP contribution in [0.2, 0.25) is 0 Å². The normalized spacial score (nSPS) is 23.9. The Hall–Kier alpha value is -0.240. The molecule has 2 unspecified atom stereocenters. The van der Waals surface area contributed by atoms with Gasteiger partial charge in [-0.15, -0.1) is 11.6 Å². The van der Waals surface area contributed by atoms with E-state index in [1.165, 1.54) is 12.8 Å². The Kier molecular flexibility index (Phi) is 4.73. The average Bonchev–Trinajstić information content (AvgIpc) is 2.65. The smallest absolute Gasteiger partial charge is 0.237 e. The van der Waals surface area contributed by atoms with Crippen molar-refractivity contribution in [1.29, 1.82) is 0 Å². The van der Waals surface area contributed by atoms with Crippen LogP contribution in [0.4, 0.5) is 0 Å². The van der Waals surface area contributed by atoms with Crippen LogP contribution in [-0.2, 0) is 4.79 Å². The molecule has 0 aromatic rings. The molecule has 82 valence electrons. The van der Waals surface area contributed by atoms with Crippen LogP contribution in [0.5, 0.6) is 0 Å². The second kappa shape index (κ2) is 5.59. The summed E-state index contributed by atoms with van der Waals surface area (Å²) in [5, 5.41) is 0. The number of likely N-dealkylation sites (tertiary alicyclic amines) is 1. The molecule has 1 saturated heterocycles. The van der Waals surface area contributed by atoms with Crippen LogP contribution in [0, 0.1) is 5.92 Å². The van der Waals surface area contributed by atoms with Gasteiger partial charge in [0.25, 0.3) is 0 Å². The summed E-state index contributed by atoms with van der Waals surface area (Å²) in [5.41, 5.74) is 0. The average molecular weight is 218 g/mol. The molecule has 3 heteroatoms. The van der Waals surface area contributed by atoms with Crippen LogP contribution in [0.15, 0.2) is 0 Å². The number of nitrogens with zero attached hydrogens (tertiary/aromatic N) is 1. The predicted octanol–water partition coefficient (Wildman–Crippen LogP) is 2.65. The first-order valence-electron chi connectivity index (χ1n) is 5.56. The van der Waals surface area contributed by atoms with Crippen molar-refractivity contribution in [3.05, 3.63) is 0 Å².